The first kappa shape index (κ1) is 8.93. The summed E-state index contributed by atoms with van der Waals surface area (Å²) in [6.07, 6.45) is 0.305. The summed E-state index contributed by atoms with van der Waals surface area (Å²) < 4.78 is 10.2. The molecular weight excluding hydrogens is 148 g/mol. The van der Waals surface area contributed by atoms with E-state index in [4.69, 9.17) is 19.7 Å². The number of aliphatic hydroxyl groups is 2. The molecule has 0 radical (unpaired) electrons. The molecule has 0 amide bonds. The highest BCUT2D eigenvalue weighted by Gasteiger charge is 2.29. The number of methoxy groups -OCH3 is 1. The zero-order valence-corrected chi connectivity index (χ0v) is 6.56. The average molecular weight is 162 g/mol. The molecule has 1 heterocycles. The molecule has 0 spiro atoms. The second kappa shape index (κ2) is 4.01. The largest absolute Gasteiger partial charge is 0.394 e. The average Bonchev–Trinajstić information content (AvgIpc) is 2.50. The second-order valence-corrected chi connectivity index (χ2v) is 2.67. The Balaban J connectivity index is 2.29. The summed E-state index contributed by atoms with van der Waals surface area (Å²) >= 11 is 0. The first-order valence-electron chi connectivity index (χ1n) is 3.75. The predicted octanol–water partition coefficient (Wildman–Crippen LogP) is -0.509. The first-order valence-corrected chi connectivity index (χ1v) is 3.75. The third-order valence-corrected chi connectivity index (χ3v) is 1.89. The van der Waals surface area contributed by atoms with E-state index in [9.17, 15) is 0 Å². The lowest BCUT2D eigenvalue weighted by atomic mass is 10.1. The van der Waals surface area contributed by atoms with E-state index in [0.29, 0.717) is 0 Å². The van der Waals surface area contributed by atoms with E-state index >= 15 is 0 Å². The highest BCUT2D eigenvalue weighted by molar-refractivity contribution is 4.74. The van der Waals surface area contributed by atoms with Crippen LogP contribution >= 0.6 is 0 Å². The van der Waals surface area contributed by atoms with Gasteiger partial charge in [-0.2, -0.15) is 0 Å². The fraction of sp³-hybridized carbons (Fsp3) is 1.00. The summed E-state index contributed by atoms with van der Waals surface area (Å²) in [6, 6.07) is 0. The number of hydrogen-bond acceptors (Lipinski definition) is 4. The highest BCUT2D eigenvalue weighted by atomic mass is 16.7. The maximum absolute atomic E-state index is 9.14. The van der Waals surface area contributed by atoms with Gasteiger partial charge in [0.25, 0.3) is 0 Å². The van der Waals surface area contributed by atoms with Gasteiger partial charge in [0, 0.05) is 13.5 Å². The van der Waals surface area contributed by atoms with E-state index in [0.717, 1.165) is 12.8 Å². The van der Waals surface area contributed by atoms with Crippen molar-refractivity contribution >= 4 is 0 Å². The molecule has 0 aromatic carbocycles. The monoisotopic (exact) mass is 162 g/mol. The molecule has 0 aromatic heterocycles. The summed E-state index contributed by atoms with van der Waals surface area (Å²) in [5.74, 6) is 0. The Morgan fingerprint density at radius 2 is 2.36 bits per heavy atom. The smallest absolute Gasteiger partial charge is 0.157 e. The van der Waals surface area contributed by atoms with Crippen LogP contribution in [-0.2, 0) is 9.47 Å². The standard InChI is InChI=1S/C7H14O4/c1-10-7-3-2-6(11-7)5(9)4-8/h5-9H,2-4H2,1H3/t5-,6+,7-/m1/s1. The van der Waals surface area contributed by atoms with Gasteiger partial charge in [-0.25, -0.2) is 0 Å². The summed E-state index contributed by atoms with van der Waals surface area (Å²) in [4.78, 5) is 0. The van der Waals surface area contributed by atoms with Crippen LogP contribution in [0.4, 0.5) is 0 Å². The van der Waals surface area contributed by atoms with Crippen LogP contribution in [0.15, 0.2) is 0 Å². The molecule has 4 nitrogen and oxygen atoms in total. The fourth-order valence-corrected chi connectivity index (χ4v) is 1.21. The SMILES string of the molecule is CO[C@H]1CC[C@@H]([C@H](O)CO)O1. The van der Waals surface area contributed by atoms with Crippen LogP contribution < -0.4 is 0 Å². The summed E-state index contributed by atoms with van der Waals surface area (Å²) in [5, 5.41) is 17.7. The van der Waals surface area contributed by atoms with Crippen LogP contribution in [0, 0.1) is 0 Å². The summed E-state index contributed by atoms with van der Waals surface area (Å²) in [5.41, 5.74) is 0. The van der Waals surface area contributed by atoms with Gasteiger partial charge in [0.05, 0.1) is 12.7 Å². The van der Waals surface area contributed by atoms with Gasteiger partial charge < -0.3 is 19.7 Å². The maximum Gasteiger partial charge on any atom is 0.157 e. The quantitative estimate of drug-likeness (QED) is 0.587. The maximum atomic E-state index is 9.14. The van der Waals surface area contributed by atoms with Crippen molar-refractivity contribution in [2.75, 3.05) is 13.7 Å². The zero-order valence-electron chi connectivity index (χ0n) is 6.56. The Hall–Kier alpha value is -0.160. The van der Waals surface area contributed by atoms with Gasteiger partial charge >= 0.3 is 0 Å². The van der Waals surface area contributed by atoms with Crippen molar-refractivity contribution in [1.82, 2.24) is 0 Å². The Morgan fingerprint density at radius 3 is 2.82 bits per heavy atom. The third-order valence-electron chi connectivity index (χ3n) is 1.89. The van der Waals surface area contributed by atoms with Crippen molar-refractivity contribution < 1.29 is 19.7 Å². The molecule has 66 valence electrons. The molecule has 1 aliphatic heterocycles. The predicted molar refractivity (Wildman–Crippen MR) is 38.0 cm³/mol. The van der Waals surface area contributed by atoms with Crippen molar-refractivity contribution in [1.29, 1.82) is 0 Å². The molecule has 0 aromatic rings. The van der Waals surface area contributed by atoms with Gasteiger partial charge in [0.1, 0.15) is 6.10 Å². The van der Waals surface area contributed by atoms with E-state index < -0.39 is 6.10 Å². The lowest BCUT2D eigenvalue weighted by Crippen LogP contribution is -2.29. The van der Waals surface area contributed by atoms with Gasteiger partial charge in [0.2, 0.25) is 0 Å². The molecule has 0 unspecified atom stereocenters. The zero-order chi connectivity index (χ0) is 8.27. The topological polar surface area (TPSA) is 58.9 Å². The van der Waals surface area contributed by atoms with E-state index in [-0.39, 0.29) is 19.0 Å². The molecule has 11 heavy (non-hydrogen) atoms. The number of aliphatic hydroxyl groups excluding tert-OH is 2. The fourth-order valence-electron chi connectivity index (χ4n) is 1.21. The van der Waals surface area contributed by atoms with Gasteiger partial charge in [-0.1, -0.05) is 0 Å². The summed E-state index contributed by atoms with van der Waals surface area (Å²) in [7, 11) is 1.57. The molecule has 0 saturated carbocycles. The Bertz CT molecular complexity index is 117. The molecule has 4 heteroatoms. The van der Waals surface area contributed by atoms with Crippen LogP contribution in [0.3, 0.4) is 0 Å². The Morgan fingerprint density at radius 1 is 1.64 bits per heavy atom. The van der Waals surface area contributed by atoms with E-state index in [1.165, 1.54) is 0 Å². The van der Waals surface area contributed by atoms with Crippen molar-refractivity contribution in [3.8, 4) is 0 Å². The molecular formula is C7H14O4. The van der Waals surface area contributed by atoms with Gasteiger partial charge in [-0.15, -0.1) is 0 Å². The van der Waals surface area contributed by atoms with Gasteiger partial charge in [-0.3, -0.25) is 0 Å². The van der Waals surface area contributed by atoms with Crippen molar-refractivity contribution in [2.45, 2.75) is 31.3 Å². The molecule has 1 aliphatic rings. The van der Waals surface area contributed by atoms with Crippen molar-refractivity contribution in [3.63, 3.8) is 0 Å². The van der Waals surface area contributed by atoms with Crippen molar-refractivity contribution in [3.05, 3.63) is 0 Å². The van der Waals surface area contributed by atoms with Gasteiger partial charge in [0.15, 0.2) is 6.29 Å². The molecule has 1 rings (SSSR count). The number of ether oxygens (including phenoxy) is 2. The van der Waals surface area contributed by atoms with E-state index in [2.05, 4.69) is 0 Å². The molecule has 0 bridgehead atoms. The molecule has 1 saturated heterocycles. The number of hydrogen-bond donors (Lipinski definition) is 2. The van der Waals surface area contributed by atoms with E-state index in [1.54, 1.807) is 7.11 Å². The van der Waals surface area contributed by atoms with Crippen molar-refractivity contribution in [2.24, 2.45) is 0 Å². The lowest BCUT2D eigenvalue weighted by Gasteiger charge is -2.16. The van der Waals surface area contributed by atoms with Crippen LogP contribution in [-0.4, -0.2) is 42.4 Å². The van der Waals surface area contributed by atoms with Crippen LogP contribution in [0.5, 0.6) is 0 Å². The molecule has 2 N–H and O–H groups in total. The first-order chi connectivity index (χ1) is 5.27. The van der Waals surface area contributed by atoms with Crippen LogP contribution in [0.25, 0.3) is 0 Å². The minimum Gasteiger partial charge on any atom is -0.394 e. The molecule has 3 atom stereocenters. The van der Waals surface area contributed by atoms with Gasteiger partial charge in [-0.05, 0) is 6.42 Å². The van der Waals surface area contributed by atoms with E-state index in [1.807, 2.05) is 0 Å². The van der Waals surface area contributed by atoms with Crippen LogP contribution in [0.1, 0.15) is 12.8 Å². The second-order valence-electron chi connectivity index (χ2n) is 2.67. The Kier molecular flexibility index (Phi) is 3.26. The Labute approximate surface area is 65.7 Å². The molecule has 1 fully saturated rings. The minimum absolute atomic E-state index is 0.207. The third kappa shape index (κ3) is 2.13. The summed E-state index contributed by atoms with van der Waals surface area (Å²) in [6.45, 7) is -0.249. The normalized spacial score (nSPS) is 34.1. The molecule has 0 aliphatic carbocycles. The highest BCUT2D eigenvalue weighted by Crippen LogP contribution is 2.22. The van der Waals surface area contributed by atoms with Crippen LogP contribution in [0.2, 0.25) is 0 Å². The lowest BCUT2D eigenvalue weighted by molar-refractivity contribution is -0.143. The number of rotatable bonds is 3. The minimum atomic E-state index is -0.768.